The zero-order valence-corrected chi connectivity index (χ0v) is 27.4. The lowest BCUT2D eigenvalue weighted by atomic mass is 9.91. The van der Waals surface area contributed by atoms with Crippen molar-refractivity contribution in [2.24, 2.45) is 0 Å². The van der Waals surface area contributed by atoms with E-state index in [1.165, 1.54) is 49.0 Å². The van der Waals surface area contributed by atoms with Crippen LogP contribution in [0.3, 0.4) is 0 Å². The Bertz CT molecular complexity index is 2610. The van der Waals surface area contributed by atoms with Crippen molar-refractivity contribution in [3.05, 3.63) is 188 Å². The van der Waals surface area contributed by atoms with Gasteiger partial charge in [-0.1, -0.05) is 164 Å². The smallest absolute Gasteiger partial charge is 0.160 e. The Morgan fingerprint density at radius 2 is 0.780 bits per heavy atom. The van der Waals surface area contributed by atoms with Crippen molar-refractivity contribution >= 4 is 38.4 Å². The van der Waals surface area contributed by atoms with E-state index in [4.69, 9.17) is 9.97 Å². The Kier molecular flexibility index (Phi) is 7.33. The summed E-state index contributed by atoms with van der Waals surface area (Å²) in [6.45, 7) is 3.99. The molecule has 0 radical (unpaired) electrons. The quantitative estimate of drug-likeness (QED) is 0.170. The predicted octanol–water partition coefficient (Wildman–Crippen LogP) is 12.9. The highest BCUT2D eigenvalue weighted by molar-refractivity contribution is 6.26. The largest absolute Gasteiger partial charge is 0.228 e. The minimum absolute atomic E-state index is 0.710. The Morgan fingerprint density at radius 3 is 1.40 bits per heavy atom. The predicted molar refractivity (Wildman–Crippen MR) is 212 cm³/mol. The highest BCUT2D eigenvalue weighted by Gasteiger charge is 2.13. The third-order valence-electron chi connectivity index (χ3n) is 9.63. The zero-order chi connectivity index (χ0) is 33.4. The Morgan fingerprint density at radius 1 is 0.320 bits per heavy atom. The number of nitrogens with zero attached hydrogens (tertiary/aromatic N) is 2. The van der Waals surface area contributed by atoms with Gasteiger partial charge in [0.05, 0.1) is 11.4 Å². The Labute approximate surface area is 291 Å². The molecule has 2 nitrogen and oxygen atoms in total. The summed E-state index contributed by atoms with van der Waals surface area (Å²) in [5.41, 5.74) is 10.8. The molecule has 0 saturated carbocycles. The van der Waals surface area contributed by atoms with E-state index in [0.29, 0.717) is 5.82 Å². The SMILES string of the molecule is C=Cc1ccc2c3ccc(-c4cccc(-c5ccc(-c6nc(-c7ccccc7)cc(-c7ccccc7)n6)cc5)c4)cc3c3ccccc3c2c1. The molecule has 0 bridgehead atoms. The fourth-order valence-corrected chi connectivity index (χ4v) is 7.06. The molecule has 234 valence electrons. The van der Waals surface area contributed by atoms with Crippen molar-refractivity contribution in [2.75, 3.05) is 0 Å². The molecule has 0 aliphatic carbocycles. The first kappa shape index (κ1) is 29.5. The number of aromatic nitrogens is 2. The van der Waals surface area contributed by atoms with Gasteiger partial charge in [0.2, 0.25) is 0 Å². The van der Waals surface area contributed by atoms with E-state index in [9.17, 15) is 0 Å². The molecule has 1 heterocycles. The maximum Gasteiger partial charge on any atom is 0.160 e. The molecule has 0 amide bonds. The molecule has 0 saturated heterocycles. The molecular weight excluding hydrogens is 605 g/mol. The van der Waals surface area contributed by atoms with Gasteiger partial charge < -0.3 is 0 Å². The first-order chi connectivity index (χ1) is 24.7. The second-order valence-corrected chi connectivity index (χ2v) is 12.7. The van der Waals surface area contributed by atoms with Gasteiger partial charge in [-0.3, -0.25) is 0 Å². The Hall–Kier alpha value is -6.64. The lowest BCUT2D eigenvalue weighted by Gasteiger charge is -2.13. The monoisotopic (exact) mass is 636 g/mol. The maximum atomic E-state index is 5.01. The molecular formula is C48H32N2. The first-order valence-electron chi connectivity index (χ1n) is 16.9. The third kappa shape index (κ3) is 5.34. The van der Waals surface area contributed by atoms with Crippen LogP contribution in [0, 0.1) is 0 Å². The highest BCUT2D eigenvalue weighted by atomic mass is 14.9. The molecule has 0 fully saturated rings. The van der Waals surface area contributed by atoms with Crippen LogP contribution in [0.15, 0.2) is 183 Å². The van der Waals surface area contributed by atoms with Gasteiger partial charge in [-0.2, -0.15) is 0 Å². The lowest BCUT2D eigenvalue weighted by molar-refractivity contribution is 1.18. The summed E-state index contributed by atoms with van der Waals surface area (Å²) in [7, 11) is 0. The second kappa shape index (κ2) is 12.4. The molecule has 0 aliphatic rings. The summed E-state index contributed by atoms with van der Waals surface area (Å²) in [6, 6.07) is 62.4. The molecule has 1 aromatic heterocycles. The van der Waals surface area contributed by atoms with Gasteiger partial charge >= 0.3 is 0 Å². The molecule has 50 heavy (non-hydrogen) atoms. The van der Waals surface area contributed by atoms with Crippen molar-refractivity contribution in [3.63, 3.8) is 0 Å². The van der Waals surface area contributed by atoms with E-state index in [1.807, 2.05) is 42.5 Å². The molecule has 0 aliphatic heterocycles. The van der Waals surface area contributed by atoms with Gasteiger partial charge in [0.1, 0.15) is 0 Å². The van der Waals surface area contributed by atoms with Gasteiger partial charge in [0.15, 0.2) is 5.82 Å². The van der Waals surface area contributed by atoms with Crippen LogP contribution in [-0.2, 0) is 0 Å². The third-order valence-corrected chi connectivity index (χ3v) is 9.63. The number of hydrogen-bond donors (Lipinski definition) is 0. The molecule has 0 spiro atoms. The maximum absolute atomic E-state index is 5.01. The van der Waals surface area contributed by atoms with Crippen LogP contribution in [0.4, 0.5) is 0 Å². The molecule has 0 atom stereocenters. The van der Waals surface area contributed by atoms with E-state index in [-0.39, 0.29) is 0 Å². The summed E-state index contributed by atoms with van der Waals surface area (Å²) in [6.07, 6.45) is 1.92. The number of fused-ring (bicyclic) bond motifs is 6. The topological polar surface area (TPSA) is 25.8 Å². The molecule has 0 N–H and O–H groups in total. The van der Waals surface area contributed by atoms with Gasteiger partial charge in [-0.05, 0) is 84.4 Å². The second-order valence-electron chi connectivity index (χ2n) is 12.7. The van der Waals surface area contributed by atoms with Crippen LogP contribution < -0.4 is 0 Å². The average molecular weight is 637 g/mol. The van der Waals surface area contributed by atoms with E-state index >= 15 is 0 Å². The minimum Gasteiger partial charge on any atom is -0.228 e. The standard InChI is InChI=1S/C48H32N2/c1-2-32-20-26-42-43-27-25-39(30-45(43)41-19-10-9-18-40(41)44(42)28-32)38-17-11-16-37(29-38)33-21-23-36(24-22-33)48-49-46(34-12-5-3-6-13-34)31-47(50-48)35-14-7-4-8-15-35/h2-31H,1H2. The fourth-order valence-electron chi connectivity index (χ4n) is 7.06. The van der Waals surface area contributed by atoms with Crippen LogP contribution in [0.1, 0.15) is 5.56 Å². The summed E-state index contributed by atoms with van der Waals surface area (Å²) < 4.78 is 0. The normalized spacial score (nSPS) is 11.3. The molecule has 9 rings (SSSR count). The van der Waals surface area contributed by atoms with Gasteiger partial charge in [-0.25, -0.2) is 9.97 Å². The minimum atomic E-state index is 0.710. The number of rotatable bonds is 6. The number of benzene rings is 8. The van der Waals surface area contributed by atoms with E-state index in [0.717, 1.165) is 39.2 Å². The molecule has 8 aromatic carbocycles. The van der Waals surface area contributed by atoms with Gasteiger partial charge in [-0.15, -0.1) is 0 Å². The van der Waals surface area contributed by atoms with Crippen molar-refractivity contribution in [1.82, 2.24) is 9.97 Å². The van der Waals surface area contributed by atoms with Crippen LogP contribution in [-0.4, -0.2) is 9.97 Å². The summed E-state index contributed by atoms with van der Waals surface area (Å²) in [5.74, 6) is 0.710. The highest BCUT2D eigenvalue weighted by Crippen LogP contribution is 2.38. The summed E-state index contributed by atoms with van der Waals surface area (Å²) >= 11 is 0. The van der Waals surface area contributed by atoms with E-state index in [1.54, 1.807) is 0 Å². The molecule has 2 heteroatoms. The van der Waals surface area contributed by atoms with Crippen molar-refractivity contribution in [2.45, 2.75) is 0 Å². The van der Waals surface area contributed by atoms with Crippen LogP contribution >= 0.6 is 0 Å². The summed E-state index contributed by atoms with van der Waals surface area (Å²) in [5, 5.41) is 7.58. The van der Waals surface area contributed by atoms with Crippen LogP contribution in [0.25, 0.3) is 94.5 Å². The van der Waals surface area contributed by atoms with Crippen LogP contribution in [0.2, 0.25) is 0 Å². The van der Waals surface area contributed by atoms with E-state index < -0.39 is 0 Å². The Balaban J connectivity index is 1.09. The first-order valence-corrected chi connectivity index (χ1v) is 16.9. The van der Waals surface area contributed by atoms with Crippen molar-refractivity contribution in [3.8, 4) is 56.2 Å². The van der Waals surface area contributed by atoms with Crippen molar-refractivity contribution < 1.29 is 0 Å². The summed E-state index contributed by atoms with van der Waals surface area (Å²) in [4.78, 5) is 10.0. The van der Waals surface area contributed by atoms with Crippen LogP contribution in [0.5, 0.6) is 0 Å². The zero-order valence-electron chi connectivity index (χ0n) is 27.4. The fraction of sp³-hybridized carbons (Fsp3) is 0. The van der Waals surface area contributed by atoms with Gasteiger partial charge in [0.25, 0.3) is 0 Å². The van der Waals surface area contributed by atoms with Gasteiger partial charge in [0, 0.05) is 16.7 Å². The van der Waals surface area contributed by atoms with Crippen molar-refractivity contribution in [1.29, 1.82) is 0 Å². The average Bonchev–Trinajstić information content (AvgIpc) is 3.21. The van der Waals surface area contributed by atoms with E-state index in [2.05, 4.69) is 146 Å². The molecule has 9 aromatic rings. The number of hydrogen-bond acceptors (Lipinski definition) is 2. The molecule has 0 unspecified atom stereocenters. The lowest BCUT2D eigenvalue weighted by Crippen LogP contribution is -1.95.